The minimum absolute atomic E-state index is 0.0894. The number of hydrogen-bond donors (Lipinski definition) is 2. The van der Waals surface area contributed by atoms with Gasteiger partial charge in [-0.1, -0.05) is 24.3 Å². The molecular weight excluding hydrogens is 248 g/mol. The Hall–Kier alpha value is -1.85. The molecule has 0 fully saturated rings. The van der Waals surface area contributed by atoms with E-state index in [2.05, 4.69) is 6.58 Å². The Bertz CT molecular complexity index is 463. The fourth-order valence-electron chi connectivity index (χ4n) is 1.19. The second-order valence-corrected chi connectivity index (χ2v) is 4.39. The van der Waals surface area contributed by atoms with Gasteiger partial charge in [-0.05, 0) is 32.9 Å². The van der Waals surface area contributed by atoms with E-state index in [1.54, 1.807) is 24.3 Å². The van der Waals surface area contributed by atoms with Crippen LogP contribution in [-0.2, 0) is 9.53 Å². The van der Waals surface area contributed by atoms with E-state index in [0.29, 0.717) is 0 Å². The van der Waals surface area contributed by atoms with Crippen LogP contribution in [0.25, 0.3) is 0 Å². The van der Waals surface area contributed by atoms with Crippen LogP contribution in [0.1, 0.15) is 19.4 Å². The summed E-state index contributed by atoms with van der Waals surface area (Å²) in [6, 6.07) is 6.71. The summed E-state index contributed by atoms with van der Waals surface area (Å²) in [6.45, 7) is 7.97. The number of esters is 1. The van der Waals surface area contributed by atoms with Gasteiger partial charge in [0.2, 0.25) is 0 Å². The molecule has 0 aliphatic rings. The van der Waals surface area contributed by atoms with Crippen molar-refractivity contribution in [3.05, 3.63) is 42.0 Å². The van der Waals surface area contributed by atoms with Crippen LogP contribution < -0.4 is 4.74 Å². The molecule has 0 amide bonds. The first-order valence-electron chi connectivity index (χ1n) is 5.79. The standard InChI is InChI=1S/C14H18O5/c1-9(2)13(16)19-14(17,11(4)15)18-12-7-5-10(3)6-8-12/h5-8,11,15,17H,1H2,2-4H3. The van der Waals surface area contributed by atoms with Crippen molar-refractivity contribution < 1.29 is 24.5 Å². The van der Waals surface area contributed by atoms with Gasteiger partial charge in [0.25, 0.3) is 0 Å². The Morgan fingerprint density at radius 2 is 1.89 bits per heavy atom. The van der Waals surface area contributed by atoms with Gasteiger partial charge in [0.05, 0.1) is 0 Å². The highest BCUT2D eigenvalue weighted by Crippen LogP contribution is 2.22. The first kappa shape index (κ1) is 15.2. The molecule has 2 atom stereocenters. The van der Waals surface area contributed by atoms with Crippen molar-refractivity contribution >= 4 is 5.97 Å². The molecule has 1 aromatic rings. The Morgan fingerprint density at radius 1 is 1.37 bits per heavy atom. The fourth-order valence-corrected chi connectivity index (χ4v) is 1.19. The number of hydrogen-bond acceptors (Lipinski definition) is 5. The van der Waals surface area contributed by atoms with E-state index in [1.165, 1.54) is 13.8 Å². The van der Waals surface area contributed by atoms with E-state index in [-0.39, 0.29) is 11.3 Å². The Kier molecular flexibility index (Phi) is 4.69. The van der Waals surface area contributed by atoms with Crippen molar-refractivity contribution in [3.63, 3.8) is 0 Å². The third-order valence-corrected chi connectivity index (χ3v) is 2.40. The summed E-state index contributed by atoms with van der Waals surface area (Å²) < 4.78 is 9.90. The average Bonchev–Trinajstić information content (AvgIpc) is 2.31. The summed E-state index contributed by atoms with van der Waals surface area (Å²) in [6.07, 6.45) is -1.43. The summed E-state index contributed by atoms with van der Waals surface area (Å²) in [5.41, 5.74) is 1.10. The number of benzene rings is 1. The van der Waals surface area contributed by atoms with Crippen molar-refractivity contribution in [2.75, 3.05) is 0 Å². The Labute approximate surface area is 112 Å². The molecule has 5 heteroatoms. The van der Waals surface area contributed by atoms with Crippen LogP contribution >= 0.6 is 0 Å². The molecule has 0 bridgehead atoms. The van der Waals surface area contributed by atoms with Gasteiger partial charge in [0, 0.05) is 5.57 Å². The van der Waals surface area contributed by atoms with Crippen LogP contribution in [0.3, 0.4) is 0 Å². The Morgan fingerprint density at radius 3 is 2.32 bits per heavy atom. The molecule has 0 saturated heterocycles. The van der Waals surface area contributed by atoms with Crippen molar-refractivity contribution in [1.82, 2.24) is 0 Å². The van der Waals surface area contributed by atoms with Crippen molar-refractivity contribution in [1.29, 1.82) is 0 Å². The zero-order chi connectivity index (χ0) is 14.6. The predicted octanol–water partition coefficient (Wildman–Crippen LogP) is 1.52. The molecule has 0 aromatic heterocycles. The lowest BCUT2D eigenvalue weighted by Crippen LogP contribution is -2.50. The quantitative estimate of drug-likeness (QED) is 0.480. The fraction of sp³-hybridized carbons (Fsp3) is 0.357. The molecule has 0 radical (unpaired) electrons. The molecule has 1 aromatic carbocycles. The lowest BCUT2D eigenvalue weighted by molar-refractivity contribution is -0.337. The molecule has 104 valence electrons. The van der Waals surface area contributed by atoms with Crippen molar-refractivity contribution in [2.24, 2.45) is 0 Å². The maximum atomic E-state index is 11.4. The smallest absolute Gasteiger partial charge is 0.398 e. The Balaban J connectivity index is 2.90. The molecule has 2 unspecified atom stereocenters. The maximum absolute atomic E-state index is 11.4. The van der Waals surface area contributed by atoms with Crippen molar-refractivity contribution in [3.8, 4) is 5.75 Å². The van der Waals surface area contributed by atoms with Crippen LogP contribution in [0, 0.1) is 6.92 Å². The van der Waals surface area contributed by atoms with Gasteiger partial charge >= 0.3 is 11.9 Å². The zero-order valence-electron chi connectivity index (χ0n) is 11.2. The van der Waals surface area contributed by atoms with Gasteiger partial charge in [0.1, 0.15) is 5.75 Å². The number of aliphatic hydroxyl groups is 2. The lowest BCUT2D eigenvalue weighted by atomic mass is 10.2. The highest BCUT2D eigenvalue weighted by Gasteiger charge is 2.40. The summed E-state index contributed by atoms with van der Waals surface area (Å²) >= 11 is 0. The highest BCUT2D eigenvalue weighted by atomic mass is 16.8. The first-order valence-corrected chi connectivity index (χ1v) is 5.79. The van der Waals surface area contributed by atoms with Crippen LogP contribution in [0.2, 0.25) is 0 Å². The average molecular weight is 266 g/mol. The molecule has 0 aliphatic heterocycles. The second kappa shape index (κ2) is 5.86. The number of ether oxygens (including phenoxy) is 2. The molecule has 0 heterocycles. The van der Waals surface area contributed by atoms with Gasteiger partial charge < -0.3 is 19.7 Å². The molecule has 2 N–H and O–H groups in total. The second-order valence-electron chi connectivity index (χ2n) is 4.39. The highest BCUT2D eigenvalue weighted by molar-refractivity contribution is 5.87. The minimum atomic E-state index is -2.45. The van der Waals surface area contributed by atoms with Gasteiger partial charge in [-0.15, -0.1) is 0 Å². The molecular formula is C14H18O5. The van der Waals surface area contributed by atoms with E-state index in [9.17, 15) is 15.0 Å². The SMILES string of the molecule is C=C(C)C(=O)OC(O)(Oc1ccc(C)cc1)C(C)O. The summed E-state index contributed by atoms with van der Waals surface area (Å²) in [7, 11) is 0. The minimum Gasteiger partial charge on any atom is -0.428 e. The largest absolute Gasteiger partial charge is 0.428 e. The molecule has 19 heavy (non-hydrogen) atoms. The van der Waals surface area contributed by atoms with Crippen LogP contribution in [0.5, 0.6) is 5.75 Å². The third-order valence-electron chi connectivity index (χ3n) is 2.40. The normalized spacial score (nSPS) is 15.2. The monoisotopic (exact) mass is 266 g/mol. The van der Waals surface area contributed by atoms with E-state index >= 15 is 0 Å². The third kappa shape index (κ3) is 4.08. The number of aryl methyl sites for hydroxylation is 1. The summed E-state index contributed by atoms with van der Waals surface area (Å²) in [4.78, 5) is 11.4. The zero-order valence-corrected chi connectivity index (χ0v) is 11.2. The van der Waals surface area contributed by atoms with Crippen LogP contribution in [-0.4, -0.2) is 28.3 Å². The molecule has 0 aliphatic carbocycles. The topological polar surface area (TPSA) is 76.0 Å². The number of aliphatic hydroxyl groups excluding tert-OH is 1. The molecule has 1 rings (SSSR count). The molecule has 0 spiro atoms. The van der Waals surface area contributed by atoms with Gasteiger partial charge in [-0.25, -0.2) is 4.79 Å². The van der Waals surface area contributed by atoms with E-state index in [4.69, 9.17) is 9.47 Å². The van der Waals surface area contributed by atoms with E-state index in [1.807, 2.05) is 6.92 Å². The van der Waals surface area contributed by atoms with E-state index < -0.39 is 18.0 Å². The van der Waals surface area contributed by atoms with Gasteiger partial charge in [0.15, 0.2) is 6.10 Å². The van der Waals surface area contributed by atoms with Gasteiger partial charge in [-0.2, -0.15) is 0 Å². The van der Waals surface area contributed by atoms with Crippen LogP contribution in [0.15, 0.2) is 36.4 Å². The van der Waals surface area contributed by atoms with Gasteiger partial charge in [-0.3, -0.25) is 0 Å². The summed E-state index contributed by atoms with van der Waals surface area (Å²) in [5.74, 6) is -3.04. The van der Waals surface area contributed by atoms with E-state index in [0.717, 1.165) is 5.56 Å². The van der Waals surface area contributed by atoms with Crippen molar-refractivity contribution in [2.45, 2.75) is 32.8 Å². The molecule has 5 nitrogen and oxygen atoms in total. The number of carbonyl (C=O) groups is 1. The number of carbonyl (C=O) groups excluding carboxylic acids is 1. The number of rotatable bonds is 5. The maximum Gasteiger partial charge on any atom is 0.398 e. The first-order chi connectivity index (χ1) is 8.74. The van der Waals surface area contributed by atoms with Crippen LogP contribution in [0.4, 0.5) is 0 Å². The predicted molar refractivity (Wildman–Crippen MR) is 69.3 cm³/mol. The summed E-state index contributed by atoms with van der Waals surface area (Å²) in [5, 5.41) is 19.6. The molecule has 0 saturated carbocycles. The lowest BCUT2D eigenvalue weighted by Gasteiger charge is -2.30.